The average Bonchev–Trinajstić information content (AvgIpc) is 3.18. The molecular weight excluding hydrogens is 801 g/mol. The third-order valence-corrected chi connectivity index (χ3v) is 9.81. The zero-order valence-electron chi connectivity index (χ0n) is 32.2. The first-order valence-corrected chi connectivity index (χ1v) is 21.6. The number of benzene rings is 3. The molecule has 20 heteroatoms. The summed E-state index contributed by atoms with van der Waals surface area (Å²) in [6, 6.07) is 26.1. The lowest BCUT2D eigenvalue weighted by atomic mass is 10.2. The van der Waals surface area contributed by atoms with Crippen LogP contribution in [0.5, 0.6) is 0 Å². The van der Waals surface area contributed by atoms with Gasteiger partial charge in [0.1, 0.15) is 19.3 Å². The molecule has 0 amide bonds. The van der Waals surface area contributed by atoms with E-state index in [0.29, 0.717) is 68.4 Å². The first-order chi connectivity index (χ1) is 28.0. The summed E-state index contributed by atoms with van der Waals surface area (Å²) in [6.45, 7) is 4.62. The van der Waals surface area contributed by atoms with E-state index in [9.17, 15) is 31.6 Å². The van der Waals surface area contributed by atoms with Crippen LogP contribution < -0.4 is 36.0 Å². The Kier molecular flexibility index (Phi) is 12.4. The summed E-state index contributed by atoms with van der Waals surface area (Å²) >= 11 is 0. The lowest BCUT2D eigenvalue weighted by molar-refractivity contribution is 0.0979. The minimum Gasteiger partial charge on any atom is -0.423 e. The number of aryl methyl sites for hydroxylation is 2. The van der Waals surface area contributed by atoms with Crippen molar-refractivity contribution in [2.75, 3.05) is 32.6 Å². The number of aromatic nitrogens is 6. The molecule has 18 nitrogen and oxygen atoms in total. The molecule has 0 spiro atoms. The van der Waals surface area contributed by atoms with Gasteiger partial charge in [-0.2, -0.15) is 0 Å². The number of hydrogen-bond donors (Lipinski definition) is 5. The molecule has 306 valence electrons. The van der Waals surface area contributed by atoms with E-state index in [0.717, 1.165) is 29.2 Å². The van der Waals surface area contributed by atoms with E-state index in [4.69, 9.17) is 4.84 Å². The summed E-state index contributed by atoms with van der Waals surface area (Å²) in [4.78, 5) is 47.2. The van der Waals surface area contributed by atoms with Crippen molar-refractivity contribution in [2.24, 2.45) is 0 Å². The van der Waals surface area contributed by atoms with Crippen LogP contribution in [0.2, 0.25) is 0 Å². The molecule has 0 saturated carbocycles. The maximum Gasteiger partial charge on any atom is 0.287 e. The average molecular weight is 841 g/mol. The predicted molar refractivity (Wildman–Crippen MR) is 225 cm³/mol. The molecule has 0 aliphatic heterocycles. The summed E-state index contributed by atoms with van der Waals surface area (Å²) in [5.74, 6) is 0. The monoisotopic (exact) mass is 840 g/mol. The Morgan fingerprint density at radius 2 is 1.07 bits per heavy atom. The molecule has 0 fully saturated rings. The number of fused-ring (bicyclic) bond motifs is 2. The highest BCUT2D eigenvalue weighted by Gasteiger charge is 2.15. The molecule has 0 bridgehead atoms. The first-order valence-electron chi connectivity index (χ1n) is 17.8. The molecule has 4 heterocycles. The van der Waals surface area contributed by atoms with Crippen LogP contribution in [0.25, 0.3) is 22.1 Å². The lowest BCUT2D eigenvalue weighted by Gasteiger charge is -2.15. The van der Waals surface area contributed by atoms with E-state index in [-0.39, 0.29) is 17.8 Å². The van der Waals surface area contributed by atoms with Crippen molar-refractivity contribution in [1.29, 1.82) is 0 Å². The smallest absolute Gasteiger partial charge is 0.287 e. The van der Waals surface area contributed by atoms with Crippen molar-refractivity contribution < 1.29 is 26.9 Å². The Morgan fingerprint density at radius 1 is 0.610 bits per heavy atom. The van der Waals surface area contributed by atoms with E-state index in [2.05, 4.69) is 40.0 Å². The van der Waals surface area contributed by atoms with Gasteiger partial charge in [0.05, 0.1) is 46.0 Å². The van der Waals surface area contributed by atoms with Crippen LogP contribution >= 0.6 is 0 Å². The van der Waals surface area contributed by atoms with Crippen LogP contribution in [0.15, 0.2) is 113 Å². The fraction of sp³-hybridized carbons (Fsp3) is 0.179. The van der Waals surface area contributed by atoms with E-state index in [1.807, 2.05) is 37.3 Å². The maximum atomic E-state index is 12.8. The van der Waals surface area contributed by atoms with Crippen molar-refractivity contribution >= 4 is 64.9 Å². The summed E-state index contributed by atoms with van der Waals surface area (Å²) < 4.78 is 51.7. The summed E-state index contributed by atoms with van der Waals surface area (Å²) in [6.07, 6.45) is 4.86. The van der Waals surface area contributed by atoms with Gasteiger partial charge >= 0.3 is 0 Å². The van der Waals surface area contributed by atoms with E-state index < -0.39 is 25.6 Å². The van der Waals surface area contributed by atoms with Gasteiger partial charge in [-0.25, -0.2) is 36.8 Å². The van der Waals surface area contributed by atoms with Gasteiger partial charge in [-0.05, 0) is 54.8 Å². The fourth-order valence-corrected chi connectivity index (χ4v) is 7.04. The number of hydrogen-bond acceptors (Lipinski definition) is 14. The number of nitrogens with zero attached hydrogens (tertiary/aromatic N) is 6. The second-order valence-corrected chi connectivity index (χ2v) is 16.8. The van der Waals surface area contributed by atoms with Crippen molar-refractivity contribution in [3.63, 3.8) is 0 Å². The lowest BCUT2D eigenvalue weighted by Crippen LogP contribution is -2.28. The molecule has 0 atom stereocenters. The third-order valence-electron chi connectivity index (χ3n) is 8.59. The Labute approximate surface area is 338 Å². The van der Waals surface area contributed by atoms with Gasteiger partial charge in [0, 0.05) is 36.6 Å². The molecule has 0 unspecified atom stereocenters. The fourth-order valence-electron chi connectivity index (χ4n) is 5.91. The van der Waals surface area contributed by atoms with Crippen LogP contribution in [0.4, 0.5) is 22.7 Å². The van der Waals surface area contributed by atoms with Gasteiger partial charge in [-0.3, -0.25) is 19.0 Å². The van der Waals surface area contributed by atoms with Gasteiger partial charge in [0.25, 0.3) is 11.1 Å². The van der Waals surface area contributed by atoms with Crippen molar-refractivity contribution in [2.45, 2.75) is 33.5 Å². The molecular formula is C39H40N10O8S2. The Morgan fingerprint density at radius 3 is 1.56 bits per heavy atom. The molecule has 7 rings (SSSR count). The number of sulfonamides is 2. The minimum atomic E-state index is -3.33. The zero-order chi connectivity index (χ0) is 42.3. The second kappa shape index (κ2) is 17.6. The maximum absolute atomic E-state index is 12.8. The number of pyridine rings is 2. The first kappa shape index (κ1) is 41.6. The van der Waals surface area contributed by atoms with Crippen LogP contribution in [0.3, 0.4) is 0 Å². The second-order valence-electron chi connectivity index (χ2n) is 13.3. The molecule has 4 aromatic heterocycles. The van der Waals surface area contributed by atoms with Gasteiger partial charge in [0.2, 0.25) is 20.0 Å². The largest absolute Gasteiger partial charge is 0.423 e. The van der Waals surface area contributed by atoms with Gasteiger partial charge in [0.15, 0.2) is 11.3 Å². The van der Waals surface area contributed by atoms with Crippen LogP contribution in [-0.4, -0.2) is 64.0 Å². The highest BCUT2D eigenvalue weighted by molar-refractivity contribution is 7.92. The van der Waals surface area contributed by atoms with E-state index >= 15 is 0 Å². The van der Waals surface area contributed by atoms with Gasteiger partial charge < -0.3 is 20.7 Å². The predicted octanol–water partition coefficient (Wildman–Crippen LogP) is 4.03. The van der Waals surface area contributed by atoms with Gasteiger partial charge in [-0.1, -0.05) is 54.6 Å². The quantitative estimate of drug-likeness (QED) is 0.103. The summed E-state index contributed by atoms with van der Waals surface area (Å²) in [5.41, 5.74) is 5.61. The van der Waals surface area contributed by atoms with E-state index in [1.165, 1.54) is 29.5 Å². The topological polar surface area (TPSA) is 241 Å². The molecule has 5 N–H and O–H groups in total. The highest BCUT2D eigenvalue weighted by atomic mass is 32.2. The summed E-state index contributed by atoms with van der Waals surface area (Å²) in [7, 11) is -6.66. The zero-order valence-corrected chi connectivity index (χ0v) is 33.9. The standard InChI is InChI=1S/C23H23N5O4S.C16H17N5O4S/c1-16-22-20(24-13-17-8-10-19(11-9-17)27-33(2,30)31)12-21(29)28(23(22)26-15-25-16)32-14-18-6-4-3-5-7-18;1-10-15-13(7-14(22)21(23)16(15)19-9-18-10)17-8-11-3-5-12(6-4-11)20-26(2,24)25/h3-12,15,24,27H,13-14H2,1-2H3;3-7,9,17,20,23H,8H2,1-2H3. The molecule has 0 aliphatic rings. The number of anilines is 4. The van der Waals surface area contributed by atoms with Crippen molar-refractivity contribution in [3.05, 3.63) is 152 Å². The summed E-state index contributed by atoms with van der Waals surface area (Å²) in [5, 5.41) is 17.5. The Hall–Kier alpha value is -7.06. The number of nitrogens with one attached hydrogen (secondary N) is 4. The molecule has 3 aromatic carbocycles. The Balaban J connectivity index is 0.000000204. The van der Waals surface area contributed by atoms with E-state index in [1.54, 1.807) is 55.5 Å². The highest BCUT2D eigenvalue weighted by Crippen LogP contribution is 2.24. The molecule has 7 aromatic rings. The SMILES string of the molecule is Cc1ncnc2c1c(NCc1ccc(NS(C)(=O)=O)cc1)cc(=O)n2O.Cc1ncnc2c1c(NCc1ccc(NS(C)(=O)=O)cc1)cc(=O)n2OCc1ccccc1. The van der Waals surface area contributed by atoms with Crippen LogP contribution in [0, 0.1) is 13.8 Å². The molecule has 0 radical (unpaired) electrons. The van der Waals surface area contributed by atoms with Gasteiger partial charge in [-0.15, -0.1) is 9.46 Å². The minimum absolute atomic E-state index is 0.125. The molecule has 59 heavy (non-hydrogen) atoms. The number of rotatable bonds is 13. The van der Waals surface area contributed by atoms with Crippen LogP contribution in [0.1, 0.15) is 28.1 Å². The normalized spacial score (nSPS) is 11.4. The Bertz CT molecular complexity index is 2960. The molecule has 0 saturated heterocycles. The van der Waals surface area contributed by atoms with Crippen molar-refractivity contribution in [3.8, 4) is 0 Å². The van der Waals surface area contributed by atoms with Crippen LogP contribution in [-0.2, 0) is 39.7 Å². The third kappa shape index (κ3) is 10.9. The van der Waals surface area contributed by atoms with Crippen molar-refractivity contribution in [1.82, 2.24) is 29.4 Å². The molecule has 0 aliphatic carbocycles.